The van der Waals surface area contributed by atoms with Gasteiger partial charge in [-0.25, -0.2) is 8.78 Å². The summed E-state index contributed by atoms with van der Waals surface area (Å²) in [5.74, 6) is 0.140. The molecule has 0 N–H and O–H groups in total. The van der Waals surface area contributed by atoms with Crippen molar-refractivity contribution < 1.29 is 18.5 Å². The first-order valence-corrected chi connectivity index (χ1v) is 8.95. The Kier molecular flexibility index (Phi) is 5.25. The van der Waals surface area contributed by atoms with Crippen molar-refractivity contribution in [3.05, 3.63) is 61.8 Å². The number of rotatable bonds is 4. The number of terminal acetylenes is 1. The van der Waals surface area contributed by atoms with E-state index in [4.69, 9.17) is 6.42 Å². The number of amides is 1. The maximum atomic E-state index is 14.1. The lowest BCUT2D eigenvalue weighted by molar-refractivity contribution is -0.380. The van der Waals surface area contributed by atoms with E-state index in [0.29, 0.717) is 4.88 Å². The van der Waals surface area contributed by atoms with E-state index < -0.39 is 22.5 Å². The van der Waals surface area contributed by atoms with Crippen LogP contribution in [-0.4, -0.2) is 15.4 Å². The number of thiophene rings is 1. The fraction of sp³-hybridized carbons (Fsp3) is 0.0588. The highest BCUT2D eigenvalue weighted by Crippen LogP contribution is 2.25. The van der Waals surface area contributed by atoms with Gasteiger partial charge in [0.05, 0.1) is 21.7 Å². The SMILES string of the molecule is C#CCn1c(=NC(=O)/C=C/c2ccc([N+](=O)[O-])s2)sc2cc(F)cc(F)c21. The number of hydrogen-bond donors (Lipinski definition) is 0. The number of carbonyl (C=O) groups excluding carboxylic acids is 1. The van der Waals surface area contributed by atoms with Crippen LogP contribution in [0.5, 0.6) is 0 Å². The summed E-state index contributed by atoms with van der Waals surface area (Å²) in [6, 6.07) is 4.70. The van der Waals surface area contributed by atoms with Gasteiger partial charge in [-0.2, -0.15) is 4.99 Å². The second-order valence-electron chi connectivity index (χ2n) is 5.13. The first kappa shape index (κ1) is 18.6. The van der Waals surface area contributed by atoms with Gasteiger partial charge in [-0.1, -0.05) is 28.6 Å². The molecule has 27 heavy (non-hydrogen) atoms. The summed E-state index contributed by atoms with van der Waals surface area (Å²) in [6.07, 6.45) is 7.82. The summed E-state index contributed by atoms with van der Waals surface area (Å²) < 4.78 is 29.1. The predicted octanol–water partition coefficient (Wildman–Crippen LogP) is 3.72. The summed E-state index contributed by atoms with van der Waals surface area (Å²) in [6.45, 7) is -0.0461. The van der Waals surface area contributed by atoms with Gasteiger partial charge >= 0.3 is 5.00 Å². The van der Waals surface area contributed by atoms with Crippen LogP contribution in [-0.2, 0) is 11.3 Å². The first-order valence-electron chi connectivity index (χ1n) is 7.32. The molecule has 0 fully saturated rings. The third kappa shape index (κ3) is 3.99. The highest BCUT2D eigenvalue weighted by atomic mass is 32.1. The second-order valence-corrected chi connectivity index (χ2v) is 7.23. The minimum Gasteiger partial charge on any atom is -0.302 e. The minimum atomic E-state index is -0.799. The number of thiazole rings is 1. The monoisotopic (exact) mass is 405 g/mol. The van der Waals surface area contributed by atoms with Crippen molar-refractivity contribution in [3.8, 4) is 12.3 Å². The molecule has 0 saturated carbocycles. The average molecular weight is 405 g/mol. The fourth-order valence-corrected chi connectivity index (χ4v) is 4.07. The van der Waals surface area contributed by atoms with Gasteiger partial charge in [-0.3, -0.25) is 14.9 Å². The van der Waals surface area contributed by atoms with Crippen LogP contribution in [0.4, 0.5) is 13.8 Å². The zero-order valence-corrected chi connectivity index (χ0v) is 15.0. The van der Waals surface area contributed by atoms with Crippen LogP contribution in [0.3, 0.4) is 0 Å². The summed E-state index contributed by atoms with van der Waals surface area (Å²) >= 11 is 1.84. The van der Waals surface area contributed by atoms with E-state index in [1.165, 1.54) is 22.8 Å². The molecule has 0 atom stereocenters. The van der Waals surface area contributed by atoms with Crippen LogP contribution in [0.15, 0.2) is 35.3 Å². The van der Waals surface area contributed by atoms with Gasteiger partial charge in [0.2, 0.25) is 0 Å². The highest BCUT2D eigenvalue weighted by molar-refractivity contribution is 7.16. The number of benzene rings is 1. The van der Waals surface area contributed by atoms with Crippen molar-refractivity contribution in [2.24, 2.45) is 4.99 Å². The average Bonchev–Trinajstić information content (AvgIpc) is 3.19. The van der Waals surface area contributed by atoms with E-state index in [-0.39, 0.29) is 26.6 Å². The molecule has 1 amide bonds. The molecule has 0 spiro atoms. The Hall–Kier alpha value is -3.16. The van der Waals surface area contributed by atoms with Gasteiger partial charge in [-0.15, -0.1) is 6.42 Å². The molecule has 3 aromatic rings. The van der Waals surface area contributed by atoms with Crippen LogP contribution >= 0.6 is 22.7 Å². The van der Waals surface area contributed by atoms with E-state index >= 15 is 0 Å². The van der Waals surface area contributed by atoms with E-state index in [2.05, 4.69) is 10.9 Å². The molecule has 0 aliphatic rings. The second kappa shape index (κ2) is 7.61. The van der Waals surface area contributed by atoms with Gasteiger partial charge in [0.1, 0.15) is 5.82 Å². The van der Waals surface area contributed by atoms with Gasteiger partial charge in [0, 0.05) is 23.1 Å². The lowest BCUT2D eigenvalue weighted by Gasteiger charge is -2.00. The van der Waals surface area contributed by atoms with Crippen molar-refractivity contribution in [2.75, 3.05) is 0 Å². The topological polar surface area (TPSA) is 77.5 Å². The molecule has 0 aliphatic heterocycles. The van der Waals surface area contributed by atoms with Gasteiger partial charge < -0.3 is 4.57 Å². The van der Waals surface area contributed by atoms with Crippen molar-refractivity contribution in [3.63, 3.8) is 0 Å². The molecule has 0 radical (unpaired) electrons. The fourth-order valence-electron chi connectivity index (χ4n) is 2.27. The molecular formula is C17H9F2N3O3S2. The molecule has 1 aromatic carbocycles. The molecular weight excluding hydrogens is 396 g/mol. The van der Waals surface area contributed by atoms with E-state index in [1.54, 1.807) is 0 Å². The maximum Gasteiger partial charge on any atom is 0.324 e. The van der Waals surface area contributed by atoms with E-state index in [1.807, 2.05) is 0 Å². The maximum absolute atomic E-state index is 14.1. The summed E-state index contributed by atoms with van der Waals surface area (Å²) in [5, 5.41) is 10.6. The van der Waals surface area contributed by atoms with Crippen LogP contribution in [0.2, 0.25) is 0 Å². The number of nitro groups is 1. The van der Waals surface area contributed by atoms with Crippen LogP contribution in [0.25, 0.3) is 16.3 Å². The third-order valence-electron chi connectivity index (χ3n) is 3.33. The van der Waals surface area contributed by atoms with Gasteiger partial charge in [0.25, 0.3) is 5.91 Å². The molecule has 0 bridgehead atoms. The normalized spacial score (nSPS) is 12.0. The molecule has 6 nitrogen and oxygen atoms in total. The minimum absolute atomic E-state index is 0.0461. The van der Waals surface area contributed by atoms with E-state index in [0.717, 1.165) is 40.9 Å². The lowest BCUT2D eigenvalue weighted by atomic mass is 10.3. The van der Waals surface area contributed by atoms with Gasteiger partial charge in [-0.05, 0) is 18.2 Å². The molecule has 0 unspecified atom stereocenters. The van der Waals surface area contributed by atoms with Crippen LogP contribution < -0.4 is 4.80 Å². The quantitative estimate of drug-likeness (QED) is 0.287. The zero-order chi connectivity index (χ0) is 19.6. The highest BCUT2D eigenvalue weighted by Gasteiger charge is 2.13. The van der Waals surface area contributed by atoms with Crippen LogP contribution in [0, 0.1) is 34.1 Å². The Morgan fingerprint density at radius 1 is 1.37 bits per heavy atom. The first-order chi connectivity index (χ1) is 12.9. The lowest BCUT2D eigenvalue weighted by Crippen LogP contribution is -2.16. The number of carbonyl (C=O) groups is 1. The third-order valence-corrected chi connectivity index (χ3v) is 5.36. The van der Waals surface area contributed by atoms with Crippen molar-refractivity contribution >= 4 is 49.9 Å². The number of hydrogen-bond acceptors (Lipinski definition) is 5. The van der Waals surface area contributed by atoms with Crippen molar-refractivity contribution in [2.45, 2.75) is 6.54 Å². The largest absolute Gasteiger partial charge is 0.324 e. The molecule has 2 heterocycles. The smallest absolute Gasteiger partial charge is 0.302 e. The Bertz CT molecular complexity index is 1200. The zero-order valence-electron chi connectivity index (χ0n) is 13.4. The van der Waals surface area contributed by atoms with Crippen LogP contribution in [0.1, 0.15) is 4.88 Å². The molecule has 2 aromatic heterocycles. The molecule has 3 rings (SSSR count). The van der Waals surface area contributed by atoms with Crippen molar-refractivity contribution in [1.82, 2.24) is 4.57 Å². The Labute approximate surface area is 158 Å². The molecule has 0 aliphatic carbocycles. The van der Waals surface area contributed by atoms with E-state index in [9.17, 15) is 23.7 Å². The Morgan fingerprint density at radius 2 is 2.15 bits per heavy atom. The summed E-state index contributed by atoms with van der Waals surface area (Å²) in [7, 11) is 0. The van der Waals surface area contributed by atoms with Gasteiger partial charge in [0.15, 0.2) is 10.6 Å². The molecule has 0 saturated heterocycles. The molecule has 136 valence electrons. The number of fused-ring (bicyclic) bond motifs is 1. The Balaban J connectivity index is 1.99. The Morgan fingerprint density at radius 3 is 2.81 bits per heavy atom. The predicted molar refractivity (Wildman–Crippen MR) is 99.1 cm³/mol. The summed E-state index contributed by atoms with van der Waals surface area (Å²) in [4.78, 5) is 26.8. The number of nitrogens with zero attached hydrogens (tertiary/aromatic N) is 3. The standard InChI is InChI=1S/C17H9F2N3O3S2/c1-2-7-21-16-12(19)8-10(18)9-13(16)27-17(21)20-14(23)5-3-11-4-6-15(26-11)22(24)25/h1,3-6,8-9H,7H2/b5-3+,20-17?. The number of halogens is 2. The number of aromatic nitrogens is 1. The molecule has 10 heteroatoms. The summed E-state index contributed by atoms with van der Waals surface area (Å²) in [5.41, 5.74) is 0.0729. The van der Waals surface area contributed by atoms with Crippen molar-refractivity contribution in [1.29, 1.82) is 0 Å².